The van der Waals surface area contributed by atoms with Crippen molar-refractivity contribution in [3.05, 3.63) is 21.9 Å². The minimum absolute atomic E-state index is 0.0250. The zero-order chi connectivity index (χ0) is 21.6. The van der Waals surface area contributed by atoms with Gasteiger partial charge in [-0.3, -0.25) is 4.79 Å². The van der Waals surface area contributed by atoms with Crippen LogP contribution in [0.3, 0.4) is 0 Å². The van der Waals surface area contributed by atoms with Gasteiger partial charge in [0.2, 0.25) is 0 Å². The normalized spacial score (nSPS) is 23.0. The maximum atomic E-state index is 13.4. The lowest BCUT2D eigenvalue weighted by molar-refractivity contribution is -0.141. The molecule has 3 N–H and O–H groups in total. The summed E-state index contributed by atoms with van der Waals surface area (Å²) in [7, 11) is 0. The van der Waals surface area contributed by atoms with Crippen molar-refractivity contribution < 1.29 is 27.9 Å². The molecule has 0 bridgehead atoms. The van der Waals surface area contributed by atoms with Crippen molar-refractivity contribution in [1.29, 1.82) is 0 Å². The summed E-state index contributed by atoms with van der Waals surface area (Å²) in [6.45, 7) is 3.95. The van der Waals surface area contributed by atoms with E-state index in [2.05, 4.69) is 31.5 Å². The van der Waals surface area contributed by atoms with E-state index < -0.39 is 29.4 Å². The second-order valence-corrected chi connectivity index (χ2v) is 8.74. The molecular formula is C18H22BrF3N4O3. The molecule has 29 heavy (non-hydrogen) atoms. The van der Waals surface area contributed by atoms with E-state index in [1.807, 2.05) is 6.92 Å². The zero-order valence-corrected chi connectivity index (χ0v) is 17.5. The molecule has 1 unspecified atom stereocenters. The lowest BCUT2D eigenvalue weighted by atomic mass is 10.0. The Morgan fingerprint density at radius 1 is 1.41 bits per heavy atom. The Hall–Kier alpha value is -2.04. The summed E-state index contributed by atoms with van der Waals surface area (Å²) in [6.07, 6.45) is -2.57. The quantitative estimate of drug-likeness (QED) is 0.600. The molecular weight excluding hydrogens is 457 g/mol. The first-order chi connectivity index (χ1) is 13.4. The fourth-order valence-electron chi connectivity index (χ4n) is 3.66. The van der Waals surface area contributed by atoms with Crippen LogP contribution in [0.25, 0.3) is 0 Å². The van der Waals surface area contributed by atoms with Gasteiger partial charge in [-0.2, -0.15) is 13.2 Å². The zero-order valence-electron chi connectivity index (χ0n) is 15.9. The van der Waals surface area contributed by atoms with Crippen LogP contribution in [0.4, 0.5) is 23.7 Å². The van der Waals surface area contributed by atoms with Crippen molar-refractivity contribution in [2.24, 2.45) is 5.92 Å². The van der Waals surface area contributed by atoms with Crippen LogP contribution in [-0.2, 0) is 6.18 Å². The number of nitrogens with one attached hydrogen (secondary N) is 2. The highest BCUT2D eigenvalue weighted by atomic mass is 79.9. The van der Waals surface area contributed by atoms with Crippen molar-refractivity contribution in [3.63, 3.8) is 0 Å². The maximum absolute atomic E-state index is 13.4. The number of pyridine rings is 1. The Balaban J connectivity index is 1.97. The highest BCUT2D eigenvalue weighted by Gasteiger charge is 2.42. The number of anilines is 1. The Labute approximate surface area is 174 Å². The fourth-order valence-corrected chi connectivity index (χ4v) is 4.45. The summed E-state index contributed by atoms with van der Waals surface area (Å²) in [5, 5.41) is 14.3. The van der Waals surface area contributed by atoms with Gasteiger partial charge in [0, 0.05) is 25.3 Å². The molecule has 1 aliphatic carbocycles. The van der Waals surface area contributed by atoms with Crippen molar-refractivity contribution in [1.82, 2.24) is 15.6 Å². The Morgan fingerprint density at radius 2 is 2.07 bits per heavy atom. The Kier molecular flexibility index (Phi) is 5.72. The third-order valence-electron chi connectivity index (χ3n) is 5.39. The van der Waals surface area contributed by atoms with Crippen LogP contribution in [0.1, 0.15) is 49.2 Å². The number of carbonyl (C=O) groups is 2. The van der Waals surface area contributed by atoms with Gasteiger partial charge in [0.25, 0.3) is 5.91 Å². The second-order valence-electron chi connectivity index (χ2n) is 7.94. The fraction of sp³-hybridized carbons (Fsp3) is 0.611. The van der Waals surface area contributed by atoms with Crippen LogP contribution < -0.4 is 15.5 Å². The molecule has 1 aromatic rings. The summed E-state index contributed by atoms with van der Waals surface area (Å²) >= 11 is 3.00. The topological polar surface area (TPSA) is 94.6 Å². The van der Waals surface area contributed by atoms with E-state index in [0.29, 0.717) is 12.3 Å². The van der Waals surface area contributed by atoms with Gasteiger partial charge >= 0.3 is 12.3 Å². The summed E-state index contributed by atoms with van der Waals surface area (Å²) in [6, 6.07) is -0.0889. The van der Waals surface area contributed by atoms with Crippen LogP contribution in [0, 0.1) is 5.92 Å². The summed E-state index contributed by atoms with van der Waals surface area (Å²) < 4.78 is 39.9. The molecule has 0 aromatic carbocycles. The van der Waals surface area contributed by atoms with Gasteiger partial charge in [0.1, 0.15) is 0 Å². The average Bonchev–Trinajstić information content (AvgIpc) is 3.36. The van der Waals surface area contributed by atoms with Crippen LogP contribution in [0.2, 0.25) is 0 Å². The van der Waals surface area contributed by atoms with Crippen LogP contribution >= 0.6 is 15.9 Å². The SMILES string of the molecule is CC(NC(=O)c1cnc(C(F)(F)F)c(Br)c1N1CC[C@](C)(NC(=O)O)C1)C1CC1. The standard InChI is InChI=1S/C18H22BrF3N4O3/c1-9(10-3-4-10)24-15(27)11-7-23-14(18(20,21)22)12(19)13(11)26-6-5-17(2,8-26)25-16(28)29/h7,9-10,25H,3-6,8H2,1-2H3,(H,24,27)(H,28,29)/t9?,17-/m0/s1. The number of amides is 2. The molecule has 1 saturated heterocycles. The molecule has 11 heteroatoms. The maximum Gasteiger partial charge on any atom is 0.434 e. The predicted octanol–water partition coefficient (Wildman–Crippen LogP) is 3.63. The van der Waals surface area contributed by atoms with Crippen molar-refractivity contribution in [2.75, 3.05) is 18.0 Å². The lowest BCUT2D eigenvalue weighted by Gasteiger charge is -2.28. The first-order valence-corrected chi connectivity index (χ1v) is 10.0. The molecule has 0 radical (unpaired) electrons. The van der Waals surface area contributed by atoms with Crippen LogP contribution in [-0.4, -0.2) is 46.8 Å². The van der Waals surface area contributed by atoms with Gasteiger partial charge in [-0.25, -0.2) is 9.78 Å². The van der Waals surface area contributed by atoms with Crippen molar-refractivity contribution >= 4 is 33.6 Å². The van der Waals surface area contributed by atoms with Gasteiger partial charge in [0.05, 0.1) is 21.3 Å². The van der Waals surface area contributed by atoms with E-state index in [4.69, 9.17) is 5.11 Å². The minimum atomic E-state index is -4.70. The molecule has 2 aliphatic rings. The van der Waals surface area contributed by atoms with E-state index in [-0.39, 0.29) is 34.9 Å². The first kappa shape index (κ1) is 21.7. The van der Waals surface area contributed by atoms with Crippen molar-refractivity contribution in [2.45, 2.75) is 50.9 Å². The van der Waals surface area contributed by atoms with Gasteiger partial charge in [-0.05, 0) is 55.0 Å². The number of carbonyl (C=O) groups excluding carboxylic acids is 1. The van der Waals surface area contributed by atoms with E-state index in [1.165, 1.54) is 0 Å². The van der Waals surface area contributed by atoms with Gasteiger partial charge in [-0.1, -0.05) is 0 Å². The van der Waals surface area contributed by atoms with Crippen LogP contribution in [0.5, 0.6) is 0 Å². The first-order valence-electron chi connectivity index (χ1n) is 9.24. The molecule has 3 rings (SSSR count). The monoisotopic (exact) mass is 478 g/mol. The van der Waals surface area contributed by atoms with E-state index in [0.717, 1.165) is 19.0 Å². The number of halogens is 4. The molecule has 2 atom stereocenters. The molecule has 2 fully saturated rings. The smallest absolute Gasteiger partial charge is 0.434 e. The number of aromatic nitrogens is 1. The summed E-state index contributed by atoms with van der Waals surface area (Å²) in [5.74, 6) is -0.121. The molecule has 1 aliphatic heterocycles. The number of nitrogens with zero attached hydrogens (tertiary/aromatic N) is 2. The molecule has 0 spiro atoms. The van der Waals surface area contributed by atoms with E-state index in [1.54, 1.807) is 11.8 Å². The van der Waals surface area contributed by atoms with Gasteiger partial charge in [0.15, 0.2) is 5.69 Å². The predicted molar refractivity (Wildman–Crippen MR) is 103 cm³/mol. The third-order valence-corrected chi connectivity index (χ3v) is 6.14. The minimum Gasteiger partial charge on any atom is -0.465 e. The molecule has 7 nitrogen and oxygen atoms in total. The molecule has 2 heterocycles. The second kappa shape index (κ2) is 7.66. The number of hydrogen-bond acceptors (Lipinski definition) is 4. The third kappa shape index (κ3) is 4.76. The highest BCUT2D eigenvalue weighted by molar-refractivity contribution is 9.10. The largest absolute Gasteiger partial charge is 0.465 e. The lowest BCUT2D eigenvalue weighted by Crippen LogP contribution is -2.47. The molecule has 1 saturated carbocycles. The average molecular weight is 479 g/mol. The van der Waals surface area contributed by atoms with Crippen LogP contribution in [0.15, 0.2) is 10.7 Å². The highest BCUT2D eigenvalue weighted by Crippen LogP contribution is 2.42. The van der Waals surface area contributed by atoms with Gasteiger partial charge < -0.3 is 20.6 Å². The number of alkyl halides is 3. The van der Waals surface area contributed by atoms with Crippen molar-refractivity contribution in [3.8, 4) is 0 Å². The molecule has 160 valence electrons. The summed E-state index contributed by atoms with van der Waals surface area (Å²) in [4.78, 5) is 29.0. The molecule has 2 amide bonds. The van der Waals surface area contributed by atoms with Gasteiger partial charge in [-0.15, -0.1) is 0 Å². The number of rotatable bonds is 5. The Morgan fingerprint density at radius 3 is 2.62 bits per heavy atom. The summed E-state index contributed by atoms with van der Waals surface area (Å²) in [5.41, 5.74) is -1.87. The number of hydrogen-bond donors (Lipinski definition) is 3. The van der Waals surface area contributed by atoms with E-state index >= 15 is 0 Å². The Bertz CT molecular complexity index is 831. The number of carboxylic acid groups (broad SMARTS) is 1. The molecule has 1 aromatic heterocycles. The van der Waals surface area contributed by atoms with E-state index in [9.17, 15) is 22.8 Å².